The first-order chi connectivity index (χ1) is 7.16. The van der Waals surface area contributed by atoms with Crippen LogP contribution in [0, 0.1) is 0 Å². The molecule has 6 nitrogen and oxygen atoms in total. The highest BCUT2D eigenvalue weighted by Crippen LogP contribution is 2.10. The third-order valence-corrected chi connectivity index (χ3v) is 2.52. The third kappa shape index (κ3) is 1.98. The van der Waals surface area contributed by atoms with E-state index in [0.717, 1.165) is 11.3 Å². The molecule has 1 aliphatic rings. The summed E-state index contributed by atoms with van der Waals surface area (Å²) in [5, 5.41) is 15.1. The zero-order valence-electron chi connectivity index (χ0n) is 8.06. The van der Waals surface area contributed by atoms with Crippen LogP contribution in [0.2, 0.25) is 0 Å². The maximum Gasteiger partial charge on any atom is 0.407 e. The SMILES string of the molecule is O=C(O)N1CCc2cc(=O)[nH]nc2CC1. The summed E-state index contributed by atoms with van der Waals surface area (Å²) in [6.07, 6.45) is 0.186. The lowest BCUT2D eigenvalue weighted by molar-refractivity contribution is 0.147. The Hall–Kier alpha value is -1.85. The summed E-state index contributed by atoms with van der Waals surface area (Å²) in [6.45, 7) is 0.856. The molecule has 1 aromatic rings. The molecule has 0 aromatic carbocycles. The van der Waals surface area contributed by atoms with Gasteiger partial charge in [-0.3, -0.25) is 4.79 Å². The minimum Gasteiger partial charge on any atom is -0.465 e. The number of aromatic nitrogens is 2. The van der Waals surface area contributed by atoms with Gasteiger partial charge in [0.15, 0.2) is 0 Å². The number of nitrogens with zero attached hydrogens (tertiary/aromatic N) is 2. The number of nitrogens with one attached hydrogen (secondary N) is 1. The van der Waals surface area contributed by atoms with Crippen LogP contribution in [0.3, 0.4) is 0 Å². The lowest BCUT2D eigenvalue weighted by Crippen LogP contribution is -2.31. The van der Waals surface area contributed by atoms with Gasteiger partial charge in [0, 0.05) is 25.6 Å². The Morgan fingerprint density at radius 2 is 2.20 bits per heavy atom. The van der Waals surface area contributed by atoms with Gasteiger partial charge >= 0.3 is 6.09 Å². The van der Waals surface area contributed by atoms with Crippen LogP contribution in [0.1, 0.15) is 11.3 Å². The maximum absolute atomic E-state index is 11.0. The molecule has 0 unspecified atom stereocenters. The summed E-state index contributed by atoms with van der Waals surface area (Å²) in [6, 6.07) is 1.49. The van der Waals surface area contributed by atoms with Crippen molar-refractivity contribution in [3.63, 3.8) is 0 Å². The number of hydrogen-bond donors (Lipinski definition) is 2. The molecule has 0 atom stereocenters. The van der Waals surface area contributed by atoms with Gasteiger partial charge in [-0.05, 0) is 12.0 Å². The molecule has 2 rings (SSSR count). The van der Waals surface area contributed by atoms with Gasteiger partial charge in [-0.1, -0.05) is 0 Å². The Balaban J connectivity index is 2.25. The van der Waals surface area contributed by atoms with E-state index in [9.17, 15) is 9.59 Å². The number of amides is 1. The van der Waals surface area contributed by atoms with Crippen molar-refractivity contribution in [3.8, 4) is 0 Å². The van der Waals surface area contributed by atoms with E-state index in [1.54, 1.807) is 0 Å². The molecule has 80 valence electrons. The zero-order valence-corrected chi connectivity index (χ0v) is 8.06. The second-order valence-corrected chi connectivity index (χ2v) is 3.47. The summed E-state index contributed by atoms with van der Waals surface area (Å²) in [5.41, 5.74) is 1.40. The minimum atomic E-state index is -0.922. The Morgan fingerprint density at radius 3 is 2.93 bits per heavy atom. The number of aromatic amines is 1. The Morgan fingerprint density at radius 1 is 1.47 bits per heavy atom. The Labute approximate surface area is 85.5 Å². The fourth-order valence-corrected chi connectivity index (χ4v) is 1.70. The summed E-state index contributed by atoms with van der Waals surface area (Å²) >= 11 is 0. The minimum absolute atomic E-state index is 0.238. The quantitative estimate of drug-likeness (QED) is 0.622. The van der Waals surface area contributed by atoms with Crippen LogP contribution < -0.4 is 5.56 Å². The van der Waals surface area contributed by atoms with Crippen LogP contribution >= 0.6 is 0 Å². The number of fused-ring (bicyclic) bond motifs is 1. The summed E-state index contributed by atoms with van der Waals surface area (Å²) < 4.78 is 0. The van der Waals surface area contributed by atoms with E-state index in [0.29, 0.717) is 25.9 Å². The van der Waals surface area contributed by atoms with Crippen LogP contribution in [0.15, 0.2) is 10.9 Å². The molecule has 0 saturated carbocycles. The van der Waals surface area contributed by atoms with Crippen molar-refractivity contribution in [2.24, 2.45) is 0 Å². The first-order valence-electron chi connectivity index (χ1n) is 4.72. The van der Waals surface area contributed by atoms with Gasteiger partial charge in [0.1, 0.15) is 0 Å². The third-order valence-electron chi connectivity index (χ3n) is 2.52. The maximum atomic E-state index is 11.0. The van der Waals surface area contributed by atoms with Crippen molar-refractivity contribution in [2.45, 2.75) is 12.8 Å². The molecule has 0 spiro atoms. The monoisotopic (exact) mass is 209 g/mol. The lowest BCUT2D eigenvalue weighted by Gasteiger charge is -2.14. The Kier molecular flexibility index (Phi) is 2.40. The fraction of sp³-hybridized carbons (Fsp3) is 0.444. The van der Waals surface area contributed by atoms with E-state index >= 15 is 0 Å². The van der Waals surface area contributed by atoms with Gasteiger partial charge < -0.3 is 10.0 Å². The number of carboxylic acid groups (broad SMARTS) is 1. The average molecular weight is 209 g/mol. The van der Waals surface area contributed by atoms with Gasteiger partial charge in [-0.25, -0.2) is 9.89 Å². The standard InChI is InChI=1S/C9H11N3O3/c13-8-5-6-1-3-12(9(14)15)4-2-7(6)10-11-8/h5H,1-4H2,(H,11,13)(H,14,15). The van der Waals surface area contributed by atoms with Gasteiger partial charge in [0.05, 0.1) is 5.69 Å². The second kappa shape index (κ2) is 3.72. The molecule has 1 amide bonds. The molecule has 0 saturated heterocycles. The number of H-pyrrole nitrogens is 1. The van der Waals surface area contributed by atoms with Gasteiger partial charge in [-0.2, -0.15) is 5.10 Å². The van der Waals surface area contributed by atoms with E-state index in [4.69, 9.17) is 5.11 Å². The highest BCUT2D eigenvalue weighted by Gasteiger charge is 2.18. The molecule has 0 fully saturated rings. The van der Waals surface area contributed by atoms with E-state index in [1.807, 2.05) is 0 Å². The normalized spacial score (nSPS) is 15.6. The van der Waals surface area contributed by atoms with Gasteiger partial charge in [0.25, 0.3) is 5.56 Å². The van der Waals surface area contributed by atoms with Gasteiger partial charge in [0.2, 0.25) is 0 Å². The summed E-state index contributed by atoms with van der Waals surface area (Å²) in [4.78, 5) is 23.1. The molecule has 1 aliphatic heterocycles. The molecule has 0 bridgehead atoms. The molecular weight excluding hydrogens is 198 g/mol. The van der Waals surface area contributed by atoms with Crippen molar-refractivity contribution in [1.82, 2.24) is 15.1 Å². The second-order valence-electron chi connectivity index (χ2n) is 3.47. The first kappa shape index (κ1) is 9.70. The summed E-state index contributed by atoms with van der Waals surface area (Å²) in [5.74, 6) is 0. The molecule has 2 heterocycles. The molecule has 0 radical (unpaired) electrons. The lowest BCUT2D eigenvalue weighted by atomic mass is 10.1. The zero-order chi connectivity index (χ0) is 10.8. The number of hydrogen-bond acceptors (Lipinski definition) is 3. The fourth-order valence-electron chi connectivity index (χ4n) is 1.70. The Bertz CT molecular complexity index is 440. The predicted molar refractivity (Wildman–Crippen MR) is 51.9 cm³/mol. The number of rotatable bonds is 0. The van der Waals surface area contributed by atoms with E-state index in [2.05, 4.69) is 10.2 Å². The summed E-state index contributed by atoms with van der Waals surface area (Å²) in [7, 11) is 0. The molecule has 15 heavy (non-hydrogen) atoms. The number of carbonyl (C=O) groups is 1. The largest absolute Gasteiger partial charge is 0.465 e. The van der Waals surface area contributed by atoms with Crippen LogP contribution in [0.5, 0.6) is 0 Å². The average Bonchev–Trinajstić information content (AvgIpc) is 2.39. The van der Waals surface area contributed by atoms with Crippen LogP contribution in [0.25, 0.3) is 0 Å². The predicted octanol–water partition coefficient (Wildman–Crippen LogP) is -0.152. The highest BCUT2D eigenvalue weighted by molar-refractivity contribution is 5.65. The van der Waals surface area contributed by atoms with Crippen LogP contribution in [-0.4, -0.2) is 39.4 Å². The van der Waals surface area contributed by atoms with Crippen molar-refractivity contribution < 1.29 is 9.90 Å². The van der Waals surface area contributed by atoms with E-state index in [-0.39, 0.29) is 5.56 Å². The highest BCUT2D eigenvalue weighted by atomic mass is 16.4. The smallest absolute Gasteiger partial charge is 0.407 e. The van der Waals surface area contributed by atoms with E-state index in [1.165, 1.54) is 11.0 Å². The van der Waals surface area contributed by atoms with Crippen LogP contribution in [0.4, 0.5) is 4.79 Å². The van der Waals surface area contributed by atoms with Crippen molar-refractivity contribution in [1.29, 1.82) is 0 Å². The first-order valence-corrected chi connectivity index (χ1v) is 4.72. The van der Waals surface area contributed by atoms with Gasteiger partial charge in [-0.15, -0.1) is 0 Å². The van der Waals surface area contributed by atoms with E-state index < -0.39 is 6.09 Å². The topological polar surface area (TPSA) is 86.3 Å². The van der Waals surface area contributed by atoms with Crippen molar-refractivity contribution in [2.75, 3.05) is 13.1 Å². The molecule has 6 heteroatoms. The van der Waals surface area contributed by atoms with Crippen LogP contribution in [-0.2, 0) is 12.8 Å². The van der Waals surface area contributed by atoms with Crippen molar-refractivity contribution >= 4 is 6.09 Å². The molecular formula is C9H11N3O3. The molecule has 2 N–H and O–H groups in total. The van der Waals surface area contributed by atoms with Crippen molar-refractivity contribution in [3.05, 3.63) is 27.7 Å². The molecule has 1 aromatic heterocycles. The molecule has 0 aliphatic carbocycles.